The van der Waals surface area contributed by atoms with Crippen molar-refractivity contribution in [1.29, 1.82) is 0 Å². The van der Waals surface area contributed by atoms with Gasteiger partial charge in [-0.15, -0.1) is 0 Å². The second-order valence-electron chi connectivity index (χ2n) is 5.75. The van der Waals surface area contributed by atoms with Crippen LogP contribution in [-0.2, 0) is 0 Å². The quantitative estimate of drug-likeness (QED) is 0.363. The Bertz CT molecular complexity index is 995. The fraction of sp³-hybridized carbons (Fsp3) is 0.158. The van der Waals surface area contributed by atoms with Gasteiger partial charge in [0, 0.05) is 9.86 Å². The summed E-state index contributed by atoms with van der Waals surface area (Å²) in [7, 11) is 0. The molecule has 24 heavy (non-hydrogen) atoms. The molecule has 4 nitrogen and oxygen atoms in total. The predicted octanol–water partition coefficient (Wildman–Crippen LogP) is 4.70. The highest BCUT2D eigenvalue weighted by Gasteiger charge is 2.18. The van der Waals surface area contributed by atoms with Crippen LogP contribution in [0.3, 0.4) is 0 Å². The number of fused-ring (bicyclic) bond motifs is 1. The Hall–Kier alpha value is -2.40. The lowest BCUT2D eigenvalue weighted by Gasteiger charge is -2.11. The van der Waals surface area contributed by atoms with Crippen molar-refractivity contribution >= 4 is 32.9 Å². The van der Waals surface area contributed by atoms with Crippen LogP contribution in [0.2, 0.25) is 0 Å². The summed E-state index contributed by atoms with van der Waals surface area (Å²) in [5, 5.41) is 0.647. The van der Waals surface area contributed by atoms with Crippen LogP contribution in [0.15, 0.2) is 50.1 Å². The number of halogens is 1. The Morgan fingerprint density at radius 3 is 2.38 bits per heavy atom. The lowest BCUT2D eigenvalue weighted by Crippen LogP contribution is -2.19. The molecule has 0 atom stereocenters. The Morgan fingerprint density at radius 2 is 1.71 bits per heavy atom. The maximum absolute atomic E-state index is 12.5. The number of hydrogen-bond donors (Lipinski definition) is 0. The Kier molecular flexibility index (Phi) is 4.28. The van der Waals surface area contributed by atoms with Gasteiger partial charge >= 0.3 is 11.6 Å². The first-order valence-electron chi connectivity index (χ1n) is 7.38. The molecule has 0 saturated carbocycles. The average molecular weight is 387 g/mol. The number of rotatable bonds is 2. The minimum atomic E-state index is -0.722. The van der Waals surface area contributed by atoms with Crippen LogP contribution in [0.4, 0.5) is 0 Å². The van der Waals surface area contributed by atoms with E-state index in [1.54, 1.807) is 18.2 Å². The van der Waals surface area contributed by atoms with E-state index in [0.717, 1.165) is 21.2 Å². The van der Waals surface area contributed by atoms with E-state index in [1.807, 2.05) is 32.9 Å². The van der Waals surface area contributed by atoms with Crippen molar-refractivity contribution in [2.45, 2.75) is 20.8 Å². The van der Waals surface area contributed by atoms with Gasteiger partial charge < -0.3 is 9.15 Å². The highest BCUT2D eigenvalue weighted by atomic mass is 79.9. The molecule has 3 aromatic rings. The van der Waals surface area contributed by atoms with Crippen molar-refractivity contribution in [3.05, 3.63) is 73.5 Å². The van der Waals surface area contributed by atoms with Gasteiger partial charge in [-0.2, -0.15) is 0 Å². The molecular weight excluding hydrogens is 372 g/mol. The smallest absolute Gasteiger partial charge is 0.351 e. The van der Waals surface area contributed by atoms with Crippen LogP contribution in [0.5, 0.6) is 5.75 Å². The van der Waals surface area contributed by atoms with Crippen LogP contribution in [0.1, 0.15) is 27.0 Å². The summed E-state index contributed by atoms with van der Waals surface area (Å²) in [5.41, 5.74) is 2.35. The van der Waals surface area contributed by atoms with Crippen LogP contribution >= 0.6 is 15.9 Å². The zero-order valence-electron chi connectivity index (χ0n) is 13.5. The number of ether oxygens (including phenoxy) is 1. The molecule has 0 radical (unpaired) electrons. The average Bonchev–Trinajstić information content (AvgIpc) is 2.50. The molecule has 0 saturated heterocycles. The van der Waals surface area contributed by atoms with Crippen LogP contribution < -0.4 is 10.4 Å². The molecule has 122 valence electrons. The first-order chi connectivity index (χ1) is 11.3. The third kappa shape index (κ3) is 3.12. The molecule has 1 aromatic heterocycles. The highest BCUT2D eigenvalue weighted by molar-refractivity contribution is 9.10. The molecule has 0 spiro atoms. The summed E-state index contributed by atoms with van der Waals surface area (Å²) >= 11 is 3.36. The Morgan fingerprint density at radius 1 is 1.04 bits per heavy atom. The van der Waals surface area contributed by atoms with Gasteiger partial charge in [-0.1, -0.05) is 33.6 Å². The van der Waals surface area contributed by atoms with Gasteiger partial charge in [0.2, 0.25) is 0 Å². The lowest BCUT2D eigenvalue weighted by molar-refractivity contribution is 0.0728. The maximum atomic E-state index is 12.5. The van der Waals surface area contributed by atoms with Crippen LogP contribution in [0, 0.1) is 20.8 Å². The first-order valence-corrected chi connectivity index (χ1v) is 8.18. The largest absolute Gasteiger partial charge is 0.422 e. The molecule has 0 amide bonds. The minimum absolute atomic E-state index is 0.125. The molecule has 0 unspecified atom stereocenters. The van der Waals surface area contributed by atoms with Gasteiger partial charge in [-0.3, -0.25) is 0 Å². The van der Waals surface area contributed by atoms with Gasteiger partial charge in [0.1, 0.15) is 16.9 Å². The third-order valence-electron chi connectivity index (χ3n) is 3.71. The normalized spacial score (nSPS) is 10.8. The third-order valence-corrected chi connectivity index (χ3v) is 4.21. The van der Waals surface area contributed by atoms with Gasteiger partial charge in [-0.05, 0) is 56.2 Å². The van der Waals surface area contributed by atoms with Gasteiger partial charge in [0.05, 0.1) is 0 Å². The van der Waals surface area contributed by atoms with Gasteiger partial charge in [0.25, 0.3) is 0 Å². The number of carbonyl (C=O) groups excluding carboxylic acids is 1. The van der Waals surface area contributed by atoms with Crippen molar-refractivity contribution in [3.8, 4) is 5.75 Å². The van der Waals surface area contributed by atoms with Crippen molar-refractivity contribution in [2.75, 3.05) is 0 Å². The zero-order chi connectivity index (χ0) is 17.4. The van der Waals surface area contributed by atoms with E-state index in [0.29, 0.717) is 16.7 Å². The fourth-order valence-electron chi connectivity index (χ4n) is 2.71. The van der Waals surface area contributed by atoms with E-state index in [4.69, 9.17) is 9.15 Å². The molecule has 0 N–H and O–H groups in total. The van der Waals surface area contributed by atoms with E-state index < -0.39 is 11.6 Å². The number of carbonyl (C=O) groups is 1. The summed E-state index contributed by atoms with van der Waals surface area (Å²) in [6, 6.07) is 10.6. The number of aryl methyl sites for hydroxylation is 3. The summed E-state index contributed by atoms with van der Waals surface area (Å²) in [6.45, 7) is 5.70. The molecule has 2 aromatic carbocycles. The van der Waals surface area contributed by atoms with Crippen molar-refractivity contribution in [2.24, 2.45) is 0 Å². The topological polar surface area (TPSA) is 56.5 Å². The molecular formula is C19H15BrO4. The van der Waals surface area contributed by atoms with Crippen molar-refractivity contribution in [1.82, 2.24) is 0 Å². The lowest BCUT2D eigenvalue weighted by atomic mass is 10.1. The maximum Gasteiger partial charge on any atom is 0.351 e. The number of benzene rings is 2. The molecule has 0 fully saturated rings. The summed E-state index contributed by atoms with van der Waals surface area (Å²) in [4.78, 5) is 24.6. The number of hydrogen-bond acceptors (Lipinski definition) is 4. The predicted molar refractivity (Wildman–Crippen MR) is 95.8 cm³/mol. The standard InChI is InChI=1S/C19H15BrO4/c1-10-6-11(2)17(12(3)7-10)24-19(22)15-9-13-8-14(20)4-5-16(13)23-18(15)21/h4-9H,1-3H3. The van der Waals surface area contributed by atoms with E-state index >= 15 is 0 Å². The Labute approximate surface area is 147 Å². The summed E-state index contributed by atoms with van der Waals surface area (Å²) in [6.07, 6.45) is 0. The monoisotopic (exact) mass is 386 g/mol. The second kappa shape index (κ2) is 6.24. The fourth-order valence-corrected chi connectivity index (χ4v) is 3.09. The summed E-state index contributed by atoms with van der Waals surface area (Å²) in [5.74, 6) is -0.250. The second-order valence-corrected chi connectivity index (χ2v) is 6.66. The molecule has 0 aliphatic heterocycles. The Balaban J connectivity index is 2.03. The van der Waals surface area contributed by atoms with E-state index in [-0.39, 0.29) is 5.56 Å². The summed E-state index contributed by atoms with van der Waals surface area (Å²) < 4.78 is 11.5. The van der Waals surface area contributed by atoms with E-state index in [2.05, 4.69) is 15.9 Å². The first kappa shape index (κ1) is 16.5. The SMILES string of the molecule is Cc1cc(C)c(OC(=O)c2cc3cc(Br)ccc3oc2=O)c(C)c1. The van der Waals surface area contributed by atoms with Crippen molar-refractivity contribution in [3.63, 3.8) is 0 Å². The van der Waals surface area contributed by atoms with E-state index in [1.165, 1.54) is 6.07 Å². The highest BCUT2D eigenvalue weighted by Crippen LogP contribution is 2.26. The molecule has 1 heterocycles. The van der Waals surface area contributed by atoms with Gasteiger partial charge in [0.15, 0.2) is 0 Å². The van der Waals surface area contributed by atoms with E-state index in [9.17, 15) is 9.59 Å². The molecule has 0 aliphatic rings. The molecule has 5 heteroatoms. The van der Waals surface area contributed by atoms with Crippen LogP contribution in [-0.4, -0.2) is 5.97 Å². The molecule has 0 bridgehead atoms. The van der Waals surface area contributed by atoms with Crippen LogP contribution in [0.25, 0.3) is 11.0 Å². The minimum Gasteiger partial charge on any atom is -0.422 e. The van der Waals surface area contributed by atoms with Gasteiger partial charge in [-0.25, -0.2) is 9.59 Å². The number of esters is 1. The molecule has 0 aliphatic carbocycles. The van der Waals surface area contributed by atoms with Crippen molar-refractivity contribution < 1.29 is 13.9 Å². The molecule has 3 rings (SSSR count). The zero-order valence-corrected chi connectivity index (χ0v) is 15.1.